The van der Waals surface area contributed by atoms with Crippen LogP contribution in [0.4, 0.5) is 0 Å². The van der Waals surface area contributed by atoms with Gasteiger partial charge in [-0.05, 0) is 12.1 Å². The Morgan fingerprint density at radius 1 is 1.35 bits per heavy atom. The molecule has 0 spiro atoms. The van der Waals surface area contributed by atoms with E-state index in [1.165, 1.54) is 6.20 Å². The van der Waals surface area contributed by atoms with Crippen molar-refractivity contribution in [2.24, 2.45) is 0 Å². The molecule has 88 valence electrons. The van der Waals surface area contributed by atoms with Crippen LogP contribution in [0, 0.1) is 0 Å². The van der Waals surface area contributed by atoms with Gasteiger partial charge in [0.15, 0.2) is 12.9 Å². The van der Waals surface area contributed by atoms with Crippen LogP contribution in [0.25, 0.3) is 0 Å². The fourth-order valence-electron chi connectivity index (χ4n) is 1.18. The molecule has 0 aliphatic rings. The Kier molecular flexibility index (Phi) is 3.44. The van der Waals surface area contributed by atoms with Crippen LogP contribution in [-0.2, 0) is 13.0 Å². The molecule has 0 amide bonds. The van der Waals surface area contributed by atoms with Gasteiger partial charge in [0.2, 0.25) is 5.89 Å². The van der Waals surface area contributed by atoms with E-state index in [-0.39, 0.29) is 6.61 Å². The van der Waals surface area contributed by atoms with Crippen molar-refractivity contribution in [3.63, 3.8) is 0 Å². The Labute approximate surface area is 97.6 Å². The molecule has 0 N–H and O–H groups in total. The van der Waals surface area contributed by atoms with Crippen LogP contribution in [0.1, 0.15) is 29.2 Å². The summed E-state index contributed by atoms with van der Waals surface area (Å²) in [6.07, 6.45) is 2.85. The molecule has 0 radical (unpaired) electrons. The third kappa shape index (κ3) is 2.87. The van der Waals surface area contributed by atoms with E-state index in [0.29, 0.717) is 35.9 Å². The van der Waals surface area contributed by atoms with Crippen LogP contribution in [-0.4, -0.2) is 21.5 Å². The molecule has 0 saturated carbocycles. The van der Waals surface area contributed by atoms with Gasteiger partial charge >= 0.3 is 0 Å². The molecular weight excluding hydrogens is 222 g/mol. The quantitative estimate of drug-likeness (QED) is 0.727. The average molecular weight is 233 g/mol. The fourth-order valence-corrected chi connectivity index (χ4v) is 1.18. The zero-order chi connectivity index (χ0) is 12.1. The Morgan fingerprint density at radius 3 is 2.76 bits per heavy atom. The highest BCUT2D eigenvalue weighted by Crippen LogP contribution is 2.11. The first-order valence-electron chi connectivity index (χ1n) is 5.17. The van der Waals surface area contributed by atoms with Gasteiger partial charge in [-0.3, -0.25) is 4.79 Å². The molecule has 0 bridgehead atoms. The second kappa shape index (κ2) is 5.20. The largest absolute Gasteiger partial charge is 0.482 e. The maximum atomic E-state index is 10.4. The average Bonchev–Trinajstić information content (AvgIpc) is 2.85. The van der Waals surface area contributed by atoms with Gasteiger partial charge in [-0.15, -0.1) is 10.2 Å². The molecular formula is C11H11N3O3. The second-order valence-corrected chi connectivity index (χ2v) is 3.27. The van der Waals surface area contributed by atoms with E-state index < -0.39 is 0 Å². The van der Waals surface area contributed by atoms with Gasteiger partial charge in [0, 0.05) is 6.42 Å². The van der Waals surface area contributed by atoms with Crippen molar-refractivity contribution in [3.8, 4) is 5.75 Å². The van der Waals surface area contributed by atoms with Crippen molar-refractivity contribution < 1.29 is 13.9 Å². The van der Waals surface area contributed by atoms with Crippen molar-refractivity contribution in [1.29, 1.82) is 0 Å². The summed E-state index contributed by atoms with van der Waals surface area (Å²) in [7, 11) is 0. The number of aromatic nitrogens is 3. The zero-order valence-electron chi connectivity index (χ0n) is 9.29. The molecule has 6 nitrogen and oxygen atoms in total. The highest BCUT2D eigenvalue weighted by atomic mass is 16.5. The van der Waals surface area contributed by atoms with Crippen molar-refractivity contribution in [2.45, 2.75) is 20.0 Å². The lowest BCUT2D eigenvalue weighted by molar-refractivity contribution is 0.111. The number of hydrogen-bond acceptors (Lipinski definition) is 6. The Bertz CT molecular complexity index is 493. The predicted molar refractivity (Wildman–Crippen MR) is 57.6 cm³/mol. The van der Waals surface area contributed by atoms with Crippen LogP contribution in [0.2, 0.25) is 0 Å². The zero-order valence-corrected chi connectivity index (χ0v) is 9.29. The van der Waals surface area contributed by atoms with Gasteiger partial charge in [0.25, 0.3) is 5.89 Å². The molecule has 0 aromatic carbocycles. The van der Waals surface area contributed by atoms with Crippen molar-refractivity contribution >= 4 is 6.29 Å². The van der Waals surface area contributed by atoms with Gasteiger partial charge in [0.1, 0.15) is 11.4 Å². The summed E-state index contributed by atoms with van der Waals surface area (Å²) in [5, 5.41) is 7.63. The topological polar surface area (TPSA) is 78.1 Å². The highest BCUT2D eigenvalue weighted by molar-refractivity contribution is 5.71. The summed E-state index contributed by atoms with van der Waals surface area (Å²) in [6, 6.07) is 3.24. The van der Waals surface area contributed by atoms with Gasteiger partial charge in [-0.25, -0.2) is 4.98 Å². The molecule has 2 rings (SSSR count). The minimum Gasteiger partial charge on any atom is -0.482 e. The smallest absolute Gasteiger partial charge is 0.253 e. The molecule has 17 heavy (non-hydrogen) atoms. The Hall–Kier alpha value is -2.24. The van der Waals surface area contributed by atoms with E-state index in [1.54, 1.807) is 12.1 Å². The van der Waals surface area contributed by atoms with E-state index >= 15 is 0 Å². The second-order valence-electron chi connectivity index (χ2n) is 3.27. The predicted octanol–water partition coefficient (Wildman–Crippen LogP) is 1.42. The Morgan fingerprint density at radius 2 is 2.18 bits per heavy atom. The molecule has 0 saturated heterocycles. The lowest BCUT2D eigenvalue weighted by Crippen LogP contribution is -1.97. The summed E-state index contributed by atoms with van der Waals surface area (Å²) in [5.74, 6) is 1.55. The van der Waals surface area contributed by atoms with E-state index in [9.17, 15) is 4.79 Å². The number of rotatable bonds is 5. The summed E-state index contributed by atoms with van der Waals surface area (Å²) in [4.78, 5) is 14.3. The number of aldehydes is 1. The van der Waals surface area contributed by atoms with E-state index in [2.05, 4.69) is 15.2 Å². The molecule has 2 aromatic heterocycles. The fraction of sp³-hybridized carbons (Fsp3) is 0.273. The first-order chi connectivity index (χ1) is 8.31. The van der Waals surface area contributed by atoms with Crippen LogP contribution in [0.3, 0.4) is 0 Å². The number of carbonyl (C=O) groups is 1. The van der Waals surface area contributed by atoms with Crippen molar-refractivity contribution in [3.05, 3.63) is 35.8 Å². The summed E-state index contributed by atoms with van der Waals surface area (Å²) in [6.45, 7) is 2.12. The Balaban J connectivity index is 1.94. The lowest BCUT2D eigenvalue weighted by atomic mass is 10.4. The first kappa shape index (κ1) is 11.3. The highest BCUT2D eigenvalue weighted by Gasteiger charge is 2.05. The lowest BCUT2D eigenvalue weighted by Gasteiger charge is -2.01. The molecule has 6 heteroatoms. The van der Waals surface area contributed by atoms with Crippen LogP contribution in [0.15, 0.2) is 22.7 Å². The van der Waals surface area contributed by atoms with Crippen LogP contribution < -0.4 is 4.74 Å². The van der Waals surface area contributed by atoms with Crippen LogP contribution >= 0.6 is 0 Å². The van der Waals surface area contributed by atoms with Crippen molar-refractivity contribution in [1.82, 2.24) is 15.2 Å². The molecule has 0 aliphatic carbocycles. The SMILES string of the molecule is CCc1nnc(COc2ccc(C=O)nc2)o1. The summed E-state index contributed by atoms with van der Waals surface area (Å²) >= 11 is 0. The minimum absolute atomic E-state index is 0.190. The van der Waals surface area contributed by atoms with Gasteiger partial charge in [-0.1, -0.05) is 6.92 Å². The molecule has 2 heterocycles. The third-order valence-corrected chi connectivity index (χ3v) is 2.05. The number of hydrogen-bond donors (Lipinski definition) is 0. The maximum absolute atomic E-state index is 10.4. The standard InChI is InChI=1S/C11H11N3O3/c1-2-10-13-14-11(17-10)7-16-9-4-3-8(6-15)12-5-9/h3-6H,2,7H2,1H3. The molecule has 0 fully saturated rings. The normalized spacial score (nSPS) is 10.2. The van der Waals surface area contributed by atoms with Crippen LogP contribution in [0.5, 0.6) is 5.75 Å². The van der Waals surface area contributed by atoms with Gasteiger partial charge in [0.05, 0.1) is 6.20 Å². The number of nitrogens with zero attached hydrogens (tertiary/aromatic N) is 3. The minimum atomic E-state index is 0.190. The molecule has 0 unspecified atom stereocenters. The van der Waals surface area contributed by atoms with Gasteiger partial charge in [-0.2, -0.15) is 0 Å². The maximum Gasteiger partial charge on any atom is 0.253 e. The number of pyridine rings is 1. The van der Waals surface area contributed by atoms with Crippen molar-refractivity contribution in [2.75, 3.05) is 0 Å². The summed E-state index contributed by atoms with van der Waals surface area (Å²) in [5.41, 5.74) is 0.364. The third-order valence-electron chi connectivity index (χ3n) is 2.05. The molecule has 2 aromatic rings. The first-order valence-corrected chi connectivity index (χ1v) is 5.17. The van der Waals surface area contributed by atoms with Gasteiger partial charge < -0.3 is 9.15 Å². The summed E-state index contributed by atoms with van der Waals surface area (Å²) < 4.78 is 10.7. The molecule has 0 aliphatic heterocycles. The van der Waals surface area contributed by atoms with E-state index in [0.717, 1.165) is 0 Å². The van der Waals surface area contributed by atoms with E-state index in [1.807, 2.05) is 6.92 Å². The number of ether oxygens (including phenoxy) is 1. The van der Waals surface area contributed by atoms with E-state index in [4.69, 9.17) is 9.15 Å². The number of carbonyl (C=O) groups excluding carboxylic acids is 1. The molecule has 0 atom stereocenters. The number of aryl methyl sites for hydroxylation is 1. The monoisotopic (exact) mass is 233 g/mol.